The van der Waals surface area contributed by atoms with Crippen LogP contribution in [0.2, 0.25) is 0 Å². The van der Waals surface area contributed by atoms with Crippen molar-refractivity contribution in [1.82, 2.24) is 0 Å². The molecule has 114 valence electrons. The molecule has 1 atom stereocenters. The van der Waals surface area contributed by atoms with Crippen LogP contribution >= 0.6 is 15.9 Å². The number of anilines is 1. The van der Waals surface area contributed by atoms with E-state index >= 15 is 0 Å². The lowest BCUT2D eigenvalue weighted by Gasteiger charge is -2.17. The number of hydrogen-bond donors (Lipinski definition) is 2. The molecule has 20 heavy (non-hydrogen) atoms. The SMILES string of the molecule is CCOCCOCC(O)CNc1c(C)cc(Br)cc1C. The summed E-state index contributed by atoms with van der Waals surface area (Å²) in [5, 5.41) is 13.1. The first-order valence-corrected chi connectivity index (χ1v) is 7.68. The van der Waals surface area contributed by atoms with Crippen LogP contribution in [0.25, 0.3) is 0 Å². The van der Waals surface area contributed by atoms with Crippen molar-refractivity contribution in [3.8, 4) is 0 Å². The number of ether oxygens (including phenoxy) is 2. The fraction of sp³-hybridized carbons (Fsp3) is 0.600. The zero-order valence-electron chi connectivity index (χ0n) is 12.4. The van der Waals surface area contributed by atoms with Crippen LogP contribution < -0.4 is 5.32 Å². The summed E-state index contributed by atoms with van der Waals surface area (Å²) < 4.78 is 11.6. The van der Waals surface area contributed by atoms with Gasteiger partial charge in [-0.3, -0.25) is 0 Å². The molecular weight excluding hydrogens is 322 g/mol. The molecule has 0 spiro atoms. The summed E-state index contributed by atoms with van der Waals surface area (Å²) in [4.78, 5) is 0. The number of benzene rings is 1. The third-order valence-electron chi connectivity index (χ3n) is 2.90. The molecule has 1 aromatic carbocycles. The Hall–Kier alpha value is -0.620. The predicted molar refractivity (Wildman–Crippen MR) is 85.4 cm³/mol. The Bertz CT molecular complexity index is 389. The van der Waals surface area contributed by atoms with E-state index in [1.165, 1.54) is 0 Å². The van der Waals surface area contributed by atoms with Gasteiger partial charge < -0.3 is 19.9 Å². The van der Waals surface area contributed by atoms with Gasteiger partial charge >= 0.3 is 0 Å². The van der Waals surface area contributed by atoms with Crippen molar-refractivity contribution in [2.24, 2.45) is 0 Å². The van der Waals surface area contributed by atoms with Gasteiger partial charge in [0, 0.05) is 23.3 Å². The second kappa shape index (κ2) is 9.34. The smallest absolute Gasteiger partial charge is 0.0945 e. The van der Waals surface area contributed by atoms with Gasteiger partial charge in [-0.2, -0.15) is 0 Å². The number of nitrogens with one attached hydrogen (secondary N) is 1. The molecule has 1 rings (SSSR count). The molecule has 0 aromatic heterocycles. The Labute approximate surface area is 129 Å². The molecule has 0 radical (unpaired) electrons. The van der Waals surface area contributed by atoms with E-state index in [1.807, 2.05) is 20.8 Å². The van der Waals surface area contributed by atoms with Crippen LogP contribution in [0.5, 0.6) is 0 Å². The quantitative estimate of drug-likeness (QED) is 0.675. The van der Waals surface area contributed by atoms with E-state index in [0.29, 0.717) is 33.0 Å². The number of hydrogen-bond acceptors (Lipinski definition) is 4. The van der Waals surface area contributed by atoms with Crippen molar-refractivity contribution in [1.29, 1.82) is 0 Å². The molecule has 0 amide bonds. The van der Waals surface area contributed by atoms with Gasteiger partial charge in [0.15, 0.2) is 0 Å². The minimum Gasteiger partial charge on any atom is -0.389 e. The molecular formula is C15H24BrNO3. The maximum atomic E-state index is 9.87. The van der Waals surface area contributed by atoms with Crippen molar-refractivity contribution in [3.63, 3.8) is 0 Å². The van der Waals surface area contributed by atoms with Crippen LogP contribution in [0.1, 0.15) is 18.1 Å². The van der Waals surface area contributed by atoms with Gasteiger partial charge in [0.05, 0.1) is 25.9 Å². The van der Waals surface area contributed by atoms with Crippen molar-refractivity contribution in [2.45, 2.75) is 26.9 Å². The lowest BCUT2D eigenvalue weighted by atomic mass is 10.1. The molecule has 5 heteroatoms. The van der Waals surface area contributed by atoms with Gasteiger partial charge in [0.1, 0.15) is 0 Å². The summed E-state index contributed by atoms with van der Waals surface area (Å²) in [6, 6.07) is 4.11. The Morgan fingerprint density at radius 3 is 2.40 bits per heavy atom. The third kappa shape index (κ3) is 6.22. The second-order valence-electron chi connectivity index (χ2n) is 4.72. The van der Waals surface area contributed by atoms with Gasteiger partial charge in [-0.15, -0.1) is 0 Å². The normalized spacial score (nSPS) is 12.4. The maximum Gasteiger partial charge on any atom is 0.0945 e. The highest BCUT2D eigenvalue weighted by Crippen LogP contribution is 2.24. The lowest BCUT2D eigenvalue weighted by Crippen LogP contribution is -2.26. The largest absolute Gasteiger partial charge is 0.389 e. The van der Waals surface area contributed by atoms with E-state index in [1.54, 1.807) is 0 Å². The lowest BCUT2D eigenvalue weighted by molar-refractivity contribution is 0.0103. The molecule has 4 nitrogen and oxygen atoms in total. The topological polar surface area (TPSA) is 50.7 Å². The van der Waals surface area contributed by atoms with Crippen molar-refractivity contribution < 1.29 is 14.6 Å². The van der Waals surface area contributed by atoms with Crippen LogP contribution in [-0.2, 0) is 9.47 Å². The Kier molecular flexibility index (Phi) is 8.14. The number of aryl methyl sites for hydroxylation is 2. The first-order valence-electron chi connectivity index (χ1n) is 6.88. The van der Waals surface area contributed by atoms with Gasteiger partial charge in [0.25, 0.3) is 0 Å². The molecule has 0 aliphatic rings. The summed E-state index contributed by atoms with van der Waals surface area (Å²) >= 11 is 3.47. The Balaban J connectivity index is 2.32. The first kappa shape index (κ1) is 17.4. The van der Waals surface area contributed by atoms with E-state index in [0.717, 1.165) is 21.3 Å². The minimum atomic E-state index is -0.529. The summed E-state index contributed by atoms with van der Waals surface area (Å²) in [5.41, 5.74) is 3.38. The van der Waals surface area contributed by atoms with Gasteiger partial charge in [-0.1, -0.05) is 15.9 Å². The number of rotatable bonds is 9. The van der Waals surface area contributed by atoms with Crippen molar-refractivity contribution >= 4 is 21.6 Å². The van der Waals surface area contributed by atoms with Gasteiger partial charge in [-0.25, -0.2) is 0 Å². The molecule has 0 aliphatic carbocycles. The highest BCUT2D eigenvalue weighted by molar-refractivity contribution is 9.10. The van der Waals surface area contributed by atoms with Crippen LogP contribution in [0.4, 0.5) is 5.69 Å². The van der Waals surface area contributed by atoms with Crippen molar-refractivity contribution in [2.75, 3.05) is 38.3 Å². The number of halogens is 1. The molecule has 0 aliphatic heterocycles. The highest BCUT2D eigenvalue weighted by atomic mass is 79.9. The molecule has 0 heterocycles. The fourth-order valence-corrected chi connectivity index (χ4v) is 2.64. The minimum absolute atomic E-state index is 0.314. The molecule has 0 fully saturated rings. The standard InChI is InChI=1S/C15H24BrNO3/c1-4-19-5-6-20-10-14(18)9-17-15-11(2)7-13(16)8-12(15)3/h7-8,14,17-18H,4-6,9-10H2,1-3H3. The van der Waals surface area contributed by atoms with Gasteiger partial charge in [0.2, 0.25) is 0 Å². The van der Waals surface area contributed by atoms with E-state index in [9.17, 15) is 5.11 Å². The maximum absolute atomic E-state index is 9.87. The number of aliphatic hydroxyl groups is 1. The summed E-state index contributed by atoms with van der Waals surface area (Å²) in [6.45, 7) is 8.60. The monoisotopic (exact) mass is 345 g/mol. The van der Waals surface area contributed by atoms with E-state index in [4.69, 9.17) is 9.47 Å². The molecule has 0 saturated heterocycles. The van der Waals surface area contributed by atoms with Crippen LogP contribution in [0.3, 0.4) is 0 Å². The average molecular weight is 346 g/mol. The van der Waals surface area contributed by atoms with Crippen molar-refractivity contribution in [3.05, 3.63) is 27.7 Å². The Morgan fingerprint density at radius 2 is 1.80 bits per heavy atom. The fourth-order valence-electron chi connectivity index (χ4n) is 1.95. The second-order valence-corrected chi connectivity index (χ2v) is 5.64. The van der Waals surface area contributed by atoms with E-state index in [-0.39, 0.29) is 0 Å². The van der Waals surface area contributed by atoms with Crippen LogP contribution in [0.15, 0.2) is 16.6 Å². The Morgan fingerprint density at radius 1 is 1.20 bits per heavy atom. The average Bonchev–Trinajstić information content (AvgIpc) is 2.37. The third-order valence-corrected chi connectivity index (χ3v) is 3.36. The molecule has 1 unspecified atom stereocenters. The number of aliphatic hydroxyl groups excluding tert-OH is 1. The zero-order valence-corrected chi connectivity index (χ0v) is 14.0. The predicted octanol–water partition coefficient (Wildman–Crippen LogP) is 2.89. The summed E-state index contributed by atoms with van der Waals surface area (Å²) in [5.74, 6) is 0. The molecule has 2 N–H and O–H groups in total. The van der Waals surface area contributed by atoms with E-state index < -0.39 is 6.10 Å². The first-order chi connectivity index (χ1) is 9.54. The van der Waals surface area contributed by atoms with Crippen LogP contribution in [-0.4, -0.2) is 44.2 Å². The summed E-state index contributed by atoms with van der Waals surface area (Å²) in [7, 11) is 0. The molecule has 0 bridgehead atoms. The zero-order chi connectivity index (χ0) is 15.0. The summed E-state index contributed by atoms with van der Waals surface area (Å²) in [6.07, 6.45) is -0.529. The van der Waals surface area contributed by atoms with E-state index in [2.05, 4.69) is 33.4 Å². The molecule has 1 aromatic rings. The molecule has 0 saturated carbocycles. The van der Waals surface area contributed by atoms with Gasteiger partial charge in [-0.05, 0) is 44.0 Å². The van der Waals surface area contributed by atoms with Crippen LogP contribution in [0, 0.1) is 13.8 Å². The highest BCUT2D eigenvalue weighted by Gasteiger charge is 2.08.